The molecule has 138 valence electrons. The second-order valence-electron chi connectivity index (χ2n) is 6.47. The van der Waals surface area contributed by atoms with Crippen LogP contribution >= 0.6 is 0 Å². The Kier molecular flexibility index (Phi) is 6.67. The first-order chi connectivity index (χ1) is 12.0. The number of carbonyl (C=O) groups excluding carboxylic acids is 2. The number of hydrogen-bond acceptors (Lipinski definition) is 4. The van der Waals surface area contributed by atoms with E-state index in [-0.39, 0.29) is 24.4 Å². The summed E-state index contributed by atoms with van der Waals surface area (Å²) in [7, 11) is 1.66. The van der Waals surface area contributed by atoms with E-state index in [4.69, 9.17) is 4.74 Å². The van der Waals surface area contributed by atoms with Crippen molar-refractivity contribution in [2.45, 2.75) is 33.2 Å². The van der Waals surface area contributed by atoms with Crippen LogP contribution in [0.15, 0.2) is 24.3 Å². The molecule has 1 aromatic carbocycles. The highest BCUT2D eigenvalue weighted by Crippen LogP contribution is 2.20. The number of anilines is 1. The maximum atomic E-state index is 12.6. The lowest BCUT2D eigenvalue weighted by Crippen LogP contribution is -2.52. The third kappa shape index (κ3) is 4.87. The van der Waals surface area contributed by atoms with Gasteiger partial charge in [-0.25, -0.2) is 0 Å². The molecule has 1 saturated heterocycles. The Morgan fingerprint density at radius 2 is 1.76 bits per heavy atom. The average molecular weight is 347 g/mol. The first-order valence-corrected chi connectivity index (χ1v) is 8.90. The van der Waals surface area contributed by atoms with Crippen molar-refractivity contribution in [2.24, 2.45) is 0 Å². The molecule has 6 heteroatoms. The molecule has 1 unspecified atom stereocenters. The number of hydrogen-bond donors (Lipinski definition) is 0. The van der Waals surface area contributed by atoms with Crippen molar-refractivity contribution in [3.05, 3.63) is 24.3 Å². The zero-order valence-electron chi connectivity index (χ0n) is 15.7. The van der Waals surface area contributed by atoms with Gasteiger partial charge in [0.15, 0.2) is 0 Å². The molecule has 0 aromatic heterocycles. The standard InChI is InChI=1S/C19H29N3O3/c1-5-15(2)22(16(3)23)14-19(24)21-12-10-20(11-13-21)17-6-8-18(25-4)9-7-17/h6-9,15H,5,10-14H2,1-4H3. The Morgan fingerprint density at radius 1 is 1.16 bits per heavy atom. The lowest BCUT2D eigenvalue weighted by atomic mass is 10.2. The third-order valence-corrected chi connectivity index (χ3v) is 4.90. The largest absolute Gasteiger partial charge is 0.497 e. The van der Waals surface area contributed by atoms with Crippen LogP contribution in [0.1, 0.15) is 27.2 Å². The Labute approximate surface area is 150 Å². The second kappa shape index (κ2) is 8.74. The monoisotopic (exact) mass is 347 g/mol. The van der Waals surface area contributed by atoms with Crippen molar-refractivity contribution in [3.63, 3.8) is 0 Å². The van der Waals surface area contributed by atoms with E-state index < -0.39 is 0 Å². The second-order valence-corrected chi connectivity index (χ2v) is 6.47. The van der Waals surface area contributed by atoms with Crippen LogP contribution in [-0.4, -0.2) is 67.5 Å². The Bertz CT molecular complexity index is 580. The fraction of sp³-hybridized carbons (Fsp3) is 0.579. The van der Waals surface area contributed by atoms with Crippen molar-refractivity contribution in [1.82, 2.24) is 9.80 Å². The highest BCUT2D eigenvalue weighted by Gasteiger charge is 2.25. The minimum atomic E-state index is -0.0421. The van der Waals surface area contributed by atoms with Crippen LogP contribution in [0.5, 0.6) is 5.75 Å². The van der Waals surface area contributed by atoms with E-state index >= 15 is 0 Å². The molecular weight excluding hydrogens is 318 g/mol. The minimum absolute atomic E-state index is 0.0323. The van der Waals surface area contributed by atoms with Gasteiger partial charge in [-0.3, -0.25) is 9.59 Å². The number of amides is 2. The van der Waals surface area contributed by atoms with E-state index in [0.717, 1.165) is 30.9 Å². The summed E-state index contributed by atoms with van der Waals surface area (Å²) in [6.45, 7) is 8.65. The maximum Gasteiger partial charge on any atom is 0.242 e. The van der Waals surface area contributed by atoms with Gasteiger partial charge in [0, 0.05) is 44.8 Å². The highest BCUT2D eigenvalue weighted by molar-refractivity contribution is 5.84. The SMILES string of the molecule is CCC(C)N(CC(=O)N1CCN(c2ccc(OC)cc2)CC1)C(C)=O. The van der Waals surface area contributed by atoms with Crippen LogP contribution in [0.3, 0.4) is 0 Å². The number of rotatable bonds is 6. The summed E-state index contributed by atoms with van der Waals surface area (Å²) in [5, 5.41) is 0. The van der Waals surface area contributed by atoms with Gasteiger partial charge in [-0.2, -0.15) is 0 Å². The fourth-order valence-electron chi connectivity index (χ4n) is 3.05. The molecule has 1 fully saturated rings. The normalized spacial score (nSPS) is 15.7. The van der Waals surface area contributed by atoms with Gasteiger partial charge in [-0.05, 0) is 37.6 Å². The average Bonchev–Trinajstić information content (AvgIpc) is 2.65. The van der Waals surface area contributed by atoms with Crippen molar-refractivity contribution in [1.29, 1.82) is 0 Å². The first kappa shape index (κ1) is 19.1. The first-order valence-electron chi connectivity index (χ1n) is 8.90. The minimum Gasteiger partial charge on any atom is -0.497 e. The molecule has 25 heavy (non-hydrogen) atoms. The van der Waals surface area contributed by atoms with Crippen LogP contribution in [0.2, 0.25) is 0 Å². The molecule has 1 aromatic rings. The molecule has 6 nitrogen and oxygen atoms in total. The quantitative estimate of drug-likeness (QED) is 0.790. The summed E-state index contributed by atoms with van der Waals surface area (Å²) in [5.74, 6) is 0.830. The van der Waals surface area contributed by atoms with E-state index in [1.54, 1.807) is 12.0 Å². The number of ether oxygens (including phenoxy) is 1. The smallest absolute Gasteiger partial charge is 0.242 e. The van der Waals surface area contributed by atoms with Crippen LogP contribution in [0, 0.1) is 0 Å². The lowest BCUT2D eigenvalue weighted by molar-refractivity contribution is -0.141. The van der Waals surface area contributed by atoms with Crippen LogP contribution < -0.4 is 9.64 Å². The van der Waals surface area contributed by atoms with E-state index in [1.165, 1.54) is 6.92 Å². The molecule has 1 heterocycles. The van der Waals surface area contributed by atoms with Gasteiger partial charge >= 0.3 is 0 Å². The molecule has 0 aliphatic carbocycles. The van der Waals surface area contributed by atoms with Gasteiger partial charge in [0.25, 0.3) is 0 Å². The number of carbonyl (C=O) groups is 2. The molecule has 0 spiro atoms. The van der Waals surface area contributed by atoms with Crippen molar-refractivity contribution >= 4 is 17.5 Å². The molecule has 2 rings (SSSR count). The molecular formula is C19H29N3O3. The van der Waals surface area contributed by atoms with Gasteiger partial charge in [-0.1, -0.05) is 6.92 Å². The van der Waals surface area contributed by atoms with Gasteiger partial charge < -0.3 is 19.4 Å². The summed E-state index contributed by atoms with van der Waals surface area (Å²) >= 11 is 0. The molecule has 1 aliphatic rings. The van der Waals surface area contributed by atoms with E-state index in [1.807, 2.05) is 43.0 Å². The number of piperazine rings is 1. The highest BCUT2D eigenvalue weighted by atomic mass is 16.5. The van der Waals surface area contributed by atoms with Gasteiger partial charge in [-0.15, -0.1) is 0 Å². The van der Waals surface area contributed by atoms with E-state index in [9.17, 15) is 9.59 Å². The van der Waals surface area contributed by atoms with Crippen molar-refractivity contribution in [2.75, 3.05) is 44.7 Å². The molecule has 0 N–H and O–H groups in total. The van der Waals surface area contributed by atoms with Crippen molar-refractivity contribution < 1.29 is 14.3 Å². The molecule has 1 atom stereocenters. The van der Waals surface area contributed by atoms with E-state index in [0.29, 0.717) is 13.1 Å². The fourth-order valence-corrected chi connectivity index (χ4v) is 3.05. The zero-order chi connectivity index (χ0) is 18.4. The van der Waals surface area contributed by atoms with Crippen LogP contribution in [0.25, 0.3) is 0 Å². The third-order valence-electron chi connectivity index (χ3n) is 4.90. The van der Waals surface area contributed by atoms with Crippen LogP contribution in [-0.2, 0) is 9.59 Å². The number of nitrogens with zero attached hydrogens (tertiary/aromatic N) is 3. The summed E-state index contributed by atoms with van der Waals surface area (Å²) in [4.78, 5) is 30.1. The maximum absolute atomic E-state index is 12.6. The summed E-state index contributed by atoms with van der Waals surface area (Å²) in [6.07, 6.45) is 0.845. The predicted octanol–water partition coefficient (Wildman–Crippen LogP) is 1.99. The van der Waals surface area contributed by atoms with Gasteiger partial charge in [0.1, 0.15) is 5.75 Å². The lowest BCUT2D eigenvalue weighted by Gasteiger charge is -2.37. The summed E-state index contributed by atoms with van der Waals surface area (Å²) < 4.78 is 5.19. The van der Waals surface area contributed by atoms with Crippen LogP contribution in [0.4, 0.5) is 5.69 Å². The molecule has 2 amide bonds. The summed E-state index contributed by atoms with van der Waals surface area (Å²) in [6, 6.07) is 8.06. The molecule has 0 saturated carbocycles. The number of benzene rings is 1. The van der Waals surface area contributed by atoms with Gasteiger partial charge in [0.2, 0.25) is 11.8 Å². The Morgan fingerprint density at radius 3 is 2.24 bits per heavy atom. The Hall–Kier alpha value is -2.24. The topological polar surface area (TPSA) is 53.1 Å². The predicted molar refractivity (Wildman–Crippen MR) is 98.9 cm³/mol. The summed E-state index contributed by atoms with van der Waals surface area (Å²) in [5.41, 5.74) is 1.14. The number of methoxy groups -OCH3 is 1. The Balaban J connectivity index is 1.89. The van der Waals surface area contributed by atoms with Gasteiger partial charge in [0.05, 0.1) is 13.7 Å². The van der Waals surface area contributed by atoms with Crippen molar-refractivity contribution in [3.8, 4) is 5.75 Å². The molecule has 1 aliphatic heterocycles. The molecule has 0 radical (unpaired) electrons. The zero-order valence-corrected chi connectivity index (χ0v) is 15.7. The van der Waals surface area contributed by atoms with E-state index in [2.05, 4.69) is 4.90 Å². The molecule has 0 bridgehead atoms.